The molecule has 92 valence electrons. The first-order valence-corrected chi connectivity index (χ1v) is 6.13. The van der Waals surface area contributed by atoms with Gasteiger partial charge in [0.2, 0.25) is 0 Å². The molecule has 1 aliphatic heterocycles. The number of carboxylic acid groups (broad SMARTS) is 1. The summed E-state index contributed by atoms with van der Waals surface area (Å²) in [6, 6.07) is 3.07. The molecule has 0 saturated carbocycles. The molecule has 2 rings (SSSR count). The largest absolute Gasteiger partial charge is 0.477 e. The number of rotatable bonds is 2. The summed E-state index contributed by atoms with van der Waals surface area (Å²) in [5.74, 6) is -1.11. The van der Waals surface area contributed by atoms with Crippen LogP contribution in [0.25, 0.3) is 0 Å². The van der Waals surface area contributed by atoms with E-state index in [2.05, 4.69) is 0 Å². The van der Waals surface area contributed by atoms with Crippen molar-refractivity contribution in [1.82, 2.24) is 4.90 Å². The second kappa shape index (κ2) is 4.85. The number of hydrogen-bond acceptors (Lipinski definition) is 4. The Morgan fingerprint density at radius 2 is 2.18 bits per heavy atom. The summed E-state index contributed by atoms with van der Waals surface area (Å²) in [6.07, 6.45) is 0. The Hall–Kier alpha value is -1.40. The summed E-state index contributed by atoms with van der Waals surface area (Å²) in [4.78, 5) is 25.3. The SMILES string of the molecule is CC1COCCN1C(=O)c1ccc(C(=O)O)s1. The van der Waals surface area contributed by atoms with E-state index >= 15 is 0 Å². The lowest BCUT2D eigenvalue weighted by Crippen LogP contribution is -2.46. The number of aromatic carboxylic acids is 1. The van der Waals surface area contributed by atoms with Crippen LogP contribution >= 0.6 is 11.3 Å². The molecule has 2 heterocycles. The molecule has 1 aromatic heterocycles. The van der Waals surface area contributed by atoms with Gasteiger partial charge < -0.3 is 14.7 Å². The lowest BCUT2D eigenvalue weighted by molar-refractivity contribution is 0.00387. The van der Waals surface area contributed by atoms with Crippen molar-refractivity contribution in [3.05, 3.63) is 21.9 Å². The van der Waals surface area contributed by atoms with Gasteiger partial charge in [-0.05, 0) is 19.1 Å². The van der Waals surface area contributed by atoms with Crippen LogP contribution in [0.3, 0.4) is 0 Å². The topological polar surface area (TPSA) is 66.8 Å². The molecule has 1 aromatic rings. The number of carbonyl (C=O) groups excluding carboxylic acids is 1. The Labute approximate surface area is 103 Å². The standard InChI is InChI=1S/C11H13NO4S/c1-7-6-16-5-4-12(7)10(13)8-2-3-9(17-8)11(14)15/h2-3,7H,4-6H2,1H3,(H,14,15). The van der Waals surface area contributed by atoms with E-state index in [1.807, 2.05) is 6.92 Å². The van der Waals surface area contributed by atoms with Crippen LogP contribution in [-0.2, 0) is 4.74 Å². The first kappa shape index (κ1) is 12.1. The number of morpholine rings is 1. The molecule has 0 aromatic carbocycles. The van der Waals surface area contributed by atoms with Crippen molar-refractivity contribution in [2.45, 2.75) is 13.0 Å². The molecule has 1 atom stereocenters. The summed E-state index contributed by atoms with van der Waals surface area (Å²) < 4.78 is 5.26. The molecule has 1 saturated heterocycles. The number of nitrogens with zero attached hydrogens (tertiary/aromatic N) is 1. The fraction of sp³-hybridized carbons (Fsp3) is 0.455. The highest BCUT2D eigenvalue weighted by Gasteiger charge is 2.26. The van der Waals surface area contributed by atoms with Crippen LogP contribution in [0.15, 0.2) is 12.1 Å². The summed E-state index contributed by atoms with van der Waals surface area (Å²) in [5.41, 5.74) is 0. The number of carboxylic acids is 1. The Balaban J connectivity index is 2.15. The van der Waals surface area contributed by atoms with Gasteiger partial charge in [-0.15, -0.1) is 11.3 Å². The van der Waals surface area contributed by atoms with Crippen LogP contribution < -0.4 is 0 Å². The van der Waals surface area contributed by atoms with Gasteiger partial charge in [0.1, 0.15) is 4.88 Å². The smallest absolute Gasteiger partial charge is 0.345 e. The monoisotopic (exact) mass is 255 g/mol. The third-order valence-electron chi connectivity index (χ3n) is 2.66. The molecule has 0 radical (unpaired) electrons. The minimum Gasteiger partial charge on any atom is -0.477 e. The van der Waals surface area contributed by atoms with Crippen LogP contribution in [0.5, 0.6) is 0 Å². The number of carbonyl (C=O) groups is 2. The summed E-state index contributed by atoms with van der Waals surface area (Å²) in [6.45, 7) is 3.54. The lowest BCUT2D eigenvalue weighted by atomic mass is 10.2. The molecule has 1 unspecified atom stereocenters. The average Bonchev–Trinajstić information content (AvgIpc) is 2.78. The van der Waals surface area contributed by atoms with Gasteiger partial charge in [0.05, 0.1) is 24.1 Å². The zero-order valence-corrected chi connectivity index (χ0v) is 10.2. The summed E-state index contributed by atoms with van der Waals surface area (Å²) >= 11 is 1.01. The highest BCUT2D eigenvalue weighted by atomic mass is 32.1. The predicted molar refractivity (Wildman–Crippen MR) is 62.6 cm³/mol. The minimum absolute atomic E-state index is 0.0339. The molecule has 17 heavy (non-hydrogen) atoms. The van der Waals surface area contributed by atoms with Gasteiger partial charge in [-0.3, -0.25) is 4.79 Å². The molecule has 1 aliphatic rings. The molecule has 0 bridgehead atoms. The van der Waals surface area contributed by atoms with Gasteiger partial charge in [0.25, 0.3) is 5.91 Å². The highest BCUT2D eigenvalue weighted by molar-refractivity contribution is 7.15. The first-order chi connectivity index (χ1) is 8.09. The Kier molecular flexibility index (Phi) is 3.44. The number of hydrogen-bond donors (Lipinski definition) is 1. The van der Waals surface area contributed by atoms with Crippen LogP contribution in [-0.4, -0.2) is 47.7 Å². The maximum absolute atomic E-state index is 12.1. The van der Waals surface area contributed by atoms with Gasteiger partial charge in [-0.1, -0.05) is 0 Å². The van der Waals surface area contributed by atoms with Crippen molar-refractivity contribution in [2.75, 3.05) is 19.8 Å². The van der Waals surface area contributed by atoms with E-state index in [0.717, 1.165) is 11.3 Å². The van der Waals surface area contributed by atoms with Crippen molar-refractivity contribution in [3.8, 4) is 0 Å². The molecule has 1 fully saturated rings. The minimum atomic E-state index is -0.996. The third-order valence-corrected chi connectivity index (χ3v) is 3.72. The highest BCUT2D eigenvalue weighted by Crippen LogP contribution is 2.20. The van der Waals surface area contributed by atoms with Crippen molar-refractivity contribution < 1.29 is 19.4 Å². The lowest BCUT2D eigenvalue weighted by Gasteiger charge is -2.32. The molecule has 1 N–H and O–H groups in total. The zero-order valence-electron chi connectivity index (χ0n) is 9.38. The number of amides is 1. The van der Waals surface area contributed by atoms with Gasteiger partial charge in [0.15, 0.2) is 0 Å². The summed E-state index contributed by atoms with van der Waals surface area (Å²) in [5, 5.41) is 8.81. The van der Waals surface area contributed by atoms with E-state index in [4.69, 9.17) is 9.84 Å². The fourth-order valence-electron chi connectivity index (χ4n) is 1.74. The van der Waals surface area contributed by atoms with E-state index in [-0.39, 0.29) is 16.8 Å². The normalized spacial score (nSPS) is 20.3. The number of thiophene rings is 1. The van der Waals surface area contributed by atoms with E-state index in [9.17, 15) is 9.59 Å². The molecule has 6 heteroatoms. The predicted octanol–water partition coefficient (Wildman–Crippen LogP) is 1.31. The Bertz CT molecular complexity index is 442. The second-order valence-corrected chi connectivity index (χ2v) is 4.98. The Morgan fingerprint density at radius 1 is 1.47 bits per heavy atom. The zero-order chi connectivity index (χ0) is 12.4. The van der Waals surface area contributed by atoms with Gasteiger partial charge in [0, 0.05) is 6.54 Å². The van der Waals surface area contributed by atoms with Gasteiger partial charge in [-0.2, -0.15) is 0 Å². The maximum atomic E-state index is 12.1. The van der Waals surface area contributed by atoms with Crippen molar-refractivity contribution in [3.63, 3.8) is 0 Å². The van der Waals surface area contributed by atoms with Crippen LogP contribution in [0.1, 0.15) is 26.3 Å². The van der Waals surface area contributed by atoms with Gasteiger partial charge >= 0.3 is 5.97 Å². The molecular formula is C11H13NO4S. The van der Waals surface area contributed by atoms with E-state index in [0.29, 0.717) is 24.6 Å². The van der Waals surface area contributed by atoms with Crippen LogP contribution in [0, 0.1) is 0 Å². The molecule has 5 nitrogen and oxygen atoms in total. The average molecular weight is 255 g/mol. The molecule has 0 aliphatic carbocycles. The van der Waals surface area contributed by atoms with Crippen molar-refractivity contribution in [1.29, 1.82) is 0 Å². The molecule has 1 amide bonds. The van der Waals surface area contributed by atoms with Crippen molar-refractivity contribution >= 4 is 23.2 Å². The quantitative estimate of drug-likeness (QED) is 0.865. The van der Waals surface area contributed by atoms with Crippen LogP contribution in [0.2, 0.25) is 0 Å². The number of ether oxygens (including phenoxy) is 1. The third kappa shape index (κ3) is 2.48. The fourth-order valence-corrected chi connectivity index (χ4v) is 2.54. The van der Waals surface area contributed by atoms with Crippen molar-refractivity contribution in [2.24, 2.45) is 0 Å². The maximum Gasteiger partial charge on any atom is 0.345 e. The van der Waals surface area contributed by atoms with Gasteiger partial charge in [-0.25, -0.2) is 4.79 Å². The van der Waals surface area contributed by atoms with E-state index < -0.39 is 5.97 Å². The second-order valence-electron chi connectivity index (χ2n) is 3.89. The molecular weight excluding hydrogens is 242 g/mol. The Morgan fingerprint density at radius 3 is 2.76 bits per heavy atom. The van der Waals surface area contributed by atoms with Crippen LogP contribution in [0.4, 0.5) is 0 Å². The molecule has 0 spiro atoms. The summed E-state index contributed by atoms with van der Waals surface area (Å²) in [7, 11) is 0. The van der Waals surface area contributed by atoms with E-state index in [1.54, 1.807) is 11.0 Å². The first-order valence-electron chi connectivity index (χ1n) is 5.31. The van der Waals surface area contributed by atoms with E-state index in [1.165, 1.54) is 6.07 Å².